The summed E-state index contributed by atoms with van der Waals surface area (Å²) in [6.07, 6.45) is 0. The molecule has 0 spiro atoms. The largest absolute Gasteiger partial charge is 0.506 e. The SMILES string of the molecule is Cc1ccc(C)c(NC(=O)c2cc(OC(=O)c3ccccc3N(C(=O)n3nnc4ccccc43)C(C)C)c3ccccc3c2O)c1. The van der Waals surface area contributed by atoms with Gasteiger partial charge in [0.15, 0.2) is 0 Å². The Labute approximate surface area is 264 Å². The average molecular weight is 614 g/mol. The molecule has 0 saturated carbocycles. The van der Waals surface area contributed by atoms with Crippen LogP contribution in [0.2, 0.25) is 0 Å². The van der Waals surface area contributed by atoms with Gasteiger partial charge >= 0.3 is 12.0 Å². The van der Waals surface area contributed by atoms with Gasteiger partial charge in [0.2, 0.25) is 0 Å². The summed E-state index contributed by atoms with van der Waals surface area (Å²) in [7, 11) is 0. The minimum Gasteiger partial charge on any atom is -0.506 e. The molecule has 1 aromatic heterocycles. The Balaban J connectivity index is 1.38. The van der Waals surface area contributed by atoms with E-state index in [0.717, 1.165) is 11.1 Å². The third-order valence-corrected chi connectivity index (χ3v) is 7.71. The number of rotatable bonds is 6. The first-order chi connectivity index (χ1) is 22.1. The first-order valence-corrected chi connectivity index (χ1v) is 14.7. The average Bonchev–Trinajstić information content (AvgIpc) is 3.48. The van der Waals surface area contributed by atoms with E-state index in [4.69, 9.17) is 4.74 Å². The summed E-state index contributed by atoms with van der Waals surface area (Å²) >= 11 is 0. The summed E-state index contributed by atoms with van der Waals surface area (Å²) < 4.78 is 7.16. The molecular formula is C36H31N5O5. The lowest BCUT2D eigenvalue weighted by Crippen LogP contribution is -2.41. The predicted molar refractivity (Wildman–Crippen MR) is 177 cm³/mol. The van der Waals surface area contributed by atoms with Crippen LogP contribution in [-0.2, 0) is 0 Å². The molecule has 2 amide bonds. The molecule has 0 radical (unpaired) electrons. The number of nitrogens with zero attached hydrogens (tertiary/aromatic N) is 4. The second kappa shape index (κ2) is 12.2. The number of hydrogen-bond donors (Lipinski definition) is 2. The number of aromatic nitrogens is 3. The highest BCUT2D eigenvalue weighted by Crippen LogP contribution is 2.37. The summed E-state index contributed by atoms with van der Waals surface area (Å²) in [5.41, 5.74) is 3.87. The molecule has 0 unspecified atom stereocenters. The van der Waals surface area contributed by atoms with Gasteiger partial charge in [0, 0.05) is 22.5 Å². The van der Waals surface area contributed by atoms with Crippen molar-refractivity contribution in [2.45, 2.75) is 33.7 Å². The number of ether oxygens (including phenoxy) is 1. The molecule has 230 valence electrons. The van der Waals surface area contributed by atoms with E-state index in [1.807, 2.05) is 52.0 Å². The van der Waals surface area contributed by atoms with Gasteiger partial charge in [-0.3, -0.25) is 9.69 Å². The van der Waals surface area contributed by atoms with Crippen LogP contribution in [-0.4, -0.2) is 44.0 Å². The molecule has 0 aliphatic carbocycles. The van der Waals surface area contributed by atoms with E-state index in [1.54, 1.807) is 66.7 Å². The number of aromatic hydroxyl groups is 1. The highest BCUT2D eigenvalue weighted by molar-refractivity contribution is 6.12. The molecule has 0 atom stereocenters. The number of phenolic OH excluding ortho intramolecular Hbond substituents is 1. The molecule has 46 heavy (non-hydrogen) atoms. The monoisotopic (exact) mass is 613 g/mol. The van der Waals surface area contributed by atoms with E-state index in [2.05, 4.69) is 15.6 Å². The minimum atomic E-state index is -0.755. The fourth-order valence-electron chi connectivity index (χ4n) is 5.37. The second-order valence-electron chi connectivity index (χ2n) is 11.2. The van der Waals surface area contributed by atoms with Gasteiger partial charge in [-0.25, -0.2) is 9.59 Å². The van der Waals surface area contributed by atoms with Crippen molar-refractivity contribution < 1.29 is 24.2 Å². The van der Waals surface area contributed by atoms with Crippen LogP contribution >= 0.6 is 0 Å². The van der Waals surface area contributed by atoms with Crippen LogP contribution in [0.1, 0.15) is 45.7 Å². The molecule has 0 aliphatic heterocycles. The Hall–Kier alpha value is -6.03. The van der Waals surface area contributed by atoms with Crippen LogP contribution < -0.4 is 15.0 Å². The number of hydrogen-bond acceptors (Lipinski definition) is 7. The lowest BCUT2D eigenvalue weighted by Gasteiger charge is -2.28. The first-order valence-electron chi connectivity index (χ1n) is 14.7. The lowest BCUT2D eigenvalue weighted by molar-refractivity contribution is 0.0736. The van der Waals surface area contributed by atoms with Crippen molar-refractivity contribution in [3.05, 3.63) is 119 Å². The van der Waals surface area contributed by atoms with Crippen molar-refractivity contribution in [3.8, 4) is 11.5 Å². The molecule has 1 heterocycles. The summed E-state index contributed by atoms with van der Waals surface area (Å²) in [6.45, 7) is 7.44. The second-order valence-corrected chi connectivity index (χ2v) is 11.2. The maximum absolute atomic E-state index is 13.9. The molecule has 2 N–H and O–H groups in total. The van der Waals surface area contributed by atoms with Gasteiger partial charge in [-0.15, -0.1) is 5.10 Å². The number of para-hydroxylation sites is 2. The summed E-state index contributed by atoms with van der Waals surface area (Å²) in [4.78, 5) is 42.7. The van der Waals surface area contributed by atoms with Crippen LogP contribution in [0.5, 0.6) is 11.5 Å². The topological polar surface area (TPSA) is 127 Å². The number of carbonyl (C=O) groups excluding carboxylic acids is 3. The Morgan fingerprint density at radius 3 is 2.33 bits per heavy atom. The van der Waals surface area contributed by atoms with Crippen molar-refractivity contribution in [1.29, 1.82) is 0 Å². The van der Waals surface area contributed by atoms with Crippen LogP contribution in [0.4, 0.5) is 16.2 Å². The Kier molecular flexibility index (Phi) is 7.94. The van der Waals surface area contributed by atoms with Crippen LogP contribution in [0.15, 0.2) is 97.1 Å². The summed E-state index contributed by atoms with van der Waals surface area (Å²) in [5, 5.41) is 23.0. The molecular weight excluding hydrogens is 582 g/mol. The van der Waals surface area contributed by atoms with Crippen molar-refractivity contribution in [1.82, 2.24) is 15.0 Å². The maximum atomic E-state index is 13.9. The standard InChI is InChI=1S/C36H31N5O5/c1-21(2)40(36(45)41-31-16-10-8-14-28(31)38-39-41)30-15-9-7-13-26(30)35(44)46-32-20-27(33(42)25-12-6-5-11-24(25)32)34(43)37-29-19-22(3)17-18-23(29)4/h5-21,42H,1-4H3,(H,37,43). The van der Waals surface area contributed by atoms with E-state index in [0.29, 0.717) is 33.2 Å². The third kappa shape index (κ3) is 5.52. The minimum absolute atomic E-state index is 0.0623. The van der Waals surface area contributed by atoms with Gasteiger partial charge in [-0.2, -0.15) is 4.68 Å². The number of phenols is 1. The fourth-order valence-corrected chi connectivity index (χ4v) is 5.37. The Morgan fingerprint density at radius 1 is 0.848 bits per heavy atom. The number of fused-ring (bicyclic) bond motifs is 2. The van der Waals surface area contributed by atoms with Crippen molar-refractivity contribution >= 4 is 51.1 Å². The Morgan fingerprint density at radius 2 is 1.54 bits per heavy atom. The molecule has 0 aliphatic rings. The van der Waals surface area contributed by atoms with Gasteiger partial charge < -0.3 is 15.2 Å². The molecule has 0 bridgehead atoms. The quantitative estimate of drug-likeness (QED) is 0.150. The summed E-state index contributed by atoms with van der Waals surface area (Å²) in [5.74, 6) is -1.49. The molecule has 6 aromatic rings. The van der Waals surface area contributed by atoms with E-state index in [-0.39, 0.29) is 28.7 Å². The first kappa shape index (κ1) is 30.0. The number of amides is 2. The van der Waals surface area contributed by atoms with Crippen LogP contribution in [0, 0.1) is 13.8 Å². The van der Waals surface area contributed by atoms with Gasteiger partial charge in [0.1, 0.15) is 17.0 Å². The fraction of sp³-hybridized carbons (Fsp3) is 0.139. The zero-order valence-corrected chi connectivity index (χ0v) is 25.7. The normalized spacial score (nSPS) is 11.2. The number of anilines is 2. The molecule has 6 rings (SSSR count). The predicted octanol–water partition coefficient (Wildman–Crippen LogP) is 7.26. The molecule has 10 nitrogen and oxygen atoms in total. The van der Waals surface area contributed by atoms with E-state index in [1.165, 1.54) is 15.6 Å². The summed E-state index contributed by atoms with van der Waals surface area (Å²) in [6, 6.07) is 26.7. The Bertz CT molecular complexity index is 2150. The van der Waals surface area contributed by atoms with Gasteiger partial charge in [-0.1, -0.05) is 65.9 Å². The van der Waals surface area contributed by atoms with Crippen molar-refractivity contribution in [2.75, 3.05) is 10.2 Å². The molecule has 10 heteroatoms. The number of aryl methyl sites for hydroxylation is 2. The van der Waals surface area contributed by atoms with E-state index < -0.39 is 17.9 Å². The molecule has 0 saturated heterocycles. The maximum Gasteiger partial charge on any atom is 0.351 e. The van der Waals surface area contributed by atoms with E-state index in [9.17, 15) is 19.5 Å². The molecule has 5 aromatic carbocycles. The van der Waals surface area contributed by atoms with Gasteiger partial charge in [0.25, 0.3) is 5.91 Å². The number of nitrogens with one attached hydrogen (secondary N) is 1. The van der Waals surface area contributed by atoms with E-state index >= 15 is 0 Å². The molecule has 0 fully saturated rings. The van der Waals surface area contributed by atoms with Crippen LogP contribution in [0.3, 0.4) is 0 Å². The van der Waals surface area contributed by atoms with Gasteiger partial charge in [-0.05, 0) is 75.2 Å². The zero-order chi connectivity index (χ0) is 32.5. The highest BCUT2D eigenvalue weighted by atomic mass is 16.5. The van der Waals surface area contributed by atoms with Crippen molar-refractivity contribution in [3.63, 3.8) is 0 Å². The van der Waals surface area contributed by atoms with Crippen molar-refractivity contribution in [2.24, 2.45) is 0 Å². The van der Waals surface area contributed by atoms with Crippen LogP contribution in [0.25, 0.3) is 21.8 Å². The number of esters is 1. The number of benzene rings is 5. The lowest BCUT2D eigenvalue weighted by atomic mass is 10.0. The number of carbonyl (C=O) groups is 3. The zero-order valence-electron chi connectivity index (χ0n) is 25.7. The highest BCUT2D eigenvalue weighted by Gasteiger charge is 2.29. The van der Waals surface area contributed by atoms with Gasteiger partial charge in [0.05, 0.1) is 22.3 Å². The smallest absolute Gasteiger partial charge is 0.351 e. The third-order valence-electron chi connectivity index (χ3n) is 7.71.